The minimum Gasteiger partial charge on any atom is -0.464 e. The standard InChI is InChI=1S/C17H21ClFNO/c1-3-9-20-16(17-8-6-14(4-2)21-17)11-12-10-13(18)5-7-15(12)19/h5-8,10,16,20H,3-4,9,11H2,1-2H3. The highest BCUT2D eigenvalue weighted by molar-refractivity contribution is 6.30. The van der Waals surface area contributed by atoms with Crippen molar-refractivity contribution < 1.29 is 8.81 Å². The van der Waals surface area contributed by atoms with E-state index < -0.39 is 0 Å². The highest BCUT2D eigenvalue weighted by Crippen LogP contribution is 2.24. The summed E-state index contributed by atoms with van der Waals surface area (Å²) < 4.78 is 19.7. The maximum atomic E-state index is 13.9. The summed E-state index contributed by atoms with van der Waals surface area (Å²) in [7, 11) is 0. The van der Waals surface area contributed by atoms with Gasteiger partial charge in [0, 0.05) is 11.4 Å². The largest absolute Gasteiger partial charge is 0.464 e. The Hall–Kier alpha value is -1.32. The van der Waals surface area contributed by atoms with E-state index in [-0.39, 0.29) is 11.9 Å². The van der Waals surface area contributed by atoms with Crippen LogP contribution in [-0.4, -0.2) is 6.54 Å². The van der Waals surface area contributed by atoms with Gasteiger partial charge < -0.3 is 9.73 Å². The number of aryl methyl sites for hydroxylation is 1. The van der Waals surface area contributed by atoms with Crippen LogP contribution in [0.25, 0.3) is 0 Å². The Balaban J connectivity index is 2.21. The van der Waals surface area contributed by atoms with Crippen molar-refractivity contribution in [2.45, 2.75) is 39.2 Å². The number of nitrogens with one attached hydrogen (secondary N) is 1. The molecule has 2 aromatic rings. The van der Waals surface area contributed by atoms with Crippen LogP contribution in [0.3, 0.4) is 0 Å². The molecule has 0 amide bonds. The minimum absolute atomic E-state index is 0.0433. The smallest absolute Gasteiger partial charge is 0.126 e. The molecule has 0 fully saturated rings. The molecule has 4 heteroatoms. The third-order valence-corrected chi connectivity index (χ3v) is 3.68. The second-order valence-corrected chi connectivity index (χ2v) is 5.54. The average Bonchev–Trinajstić information content (AvgIpc) is 2.95. The molecule has 1 unspecified atom stereocenters. The first-order valence-electron chi connectivity index (χ1n) is 7.40. The highest BCUT2D eigenvalue weighted by atomic mass is 35.5. The van der Waals surface area contributed by atoms with Gasteiger partial charge in [0.25, 0.3) is 0 Å². The van der Waals surface area contributed by atoms with Gasteiger partial charge >= 0.3 is 0 Å². The average molecular weight is 310 g/mol. The zero-order chi connectivity index (χ0) is 15.2. The minimum atomic E-state index is -0.232. The number of benzene rings is 1. The second-order valence-electron chi connectivity index (χ2n) is 5.10. The van der Waals surface area contributed by atoms with E-state index in [1.54, 1.807) is 12.1 Å². The van der Waals surface area contributed by atoms with Gasteiger partial charge in [-0.2, -0.15) is 0 Å². The van der Waals surface area contributed by atoms with Crippen LogP contribution in [0.15, 0.2) is 34.7 Å². The second kappa shape index (κ2) is 7.62. The van der Waals surface area contributed by atoms with Crippen LogP contribution in [0, 0.1) is 5.82 Å². The number of hydrogen-bond acceptors (Lipinski definition) is 2. The highest BCUT2D eigenvalue weighted by Gasteiger charge is 2.17. The first kappa shape index (κ1) is 16.1. The van der Waals surface area contributed by atoms with Crippen molar-refractivity contribution in [2.24, 2.45) is 0 Å². The molecule has 1 N–H and O–H groups in total. The molecule has 0 aliphatic carbocycles. The number of halogens is 2. The van der Waals surface area contributed by atoms with Crippen molar-refractivity contribution in [3.8, 4) is 0 Å². The normalized spacial score (nSPS) is 12.6. The number of hydrogen-bond donors (Lipinski definition) is 1. The molecule has 0 saturated heterocycles. The summed E-state index contributed by atoms with van der Waals surface area (Å²) >= 11 is 5.97. The Kier molecular flexibility index (Phi) is 5.83. The summed E-state index contributed by atoms with van der Waals surface area (Å²) in [4.78, 5) is 0. The first-order valence-corrected chi connectivity index (χ1v) is 7.77. The lowest BCUT2D eigenvalue weighted by Gasteiger charge is -2.17. The van der Waals surface area contributed by atoms with Crippen molar-refractivity contribution in [1.29, 1.82) is 0 Å². The molecule has 0 aliphatic heterocycles. The van der Waals surface area contributed by atoms with Gasteiger partial charge in [-0.1, -0.05) is 25.4 Å². The molecule has 2 rings (SSSR count). The van der Waals surface area contributed by atoms with Crippen LogP contribution in [0.4, 0.5) is 4.39 Å². The van der Waals surface area contributed by atoms with Gasteiger partial charge in [-0.15, -0.1) is 0 Å². The van der Waals surface area contributed by atoms with E-state index in [1.807, 2.05) is 19.1 Å². The van der Waals surface area contributed by atoms with Crippen LogP contribution in [0.2, 0.25) is 5.02 Å². The molecule has 21 heavy (non-hydrogen) atoms. The Labute approximate surface area is 130 Å². The van der Waals surface area contributed by atoms with Gasteiger partial charge in [-0.25, -0.2) is 4.39 Å². The molecule has 0 aliphatic rings. The van der Waals surface area contributed by atoms with Crippen LogP contribution < -0.4 is 5.32 Å². The van der Waals surface area contributed by atoms with Crippen LogP contribution >= 0.6 is 11.6 Å². The van der Waals surface area contributed by atoms with E-state index in [4.69, 9.17) is 16.0 Å². The molecule has 114 valence electrons. The zero-order valence-electron chi connectivity index (χ0n) is 12.5. The fraction of sp³-hybridized carbons (Fsp3) is 0.412. The lowest BCUT2D eigenvalue weighted by molar-refractivity contribution is 0.389. The summed E-state index contributed by atoms with van der Waals surface area (Å²) in [5.74, 6) is 1.56. The SMILES string of the molecule is CCCNC(Cc1cc(Cl)ccc1F)c1ccc(CC)o1. The maximum absolute atomic E-state index is 13.9. The molecule has 2 nitrogen and oxygen atoms in total. The van der Waals surface area contributed by atoms with E-state index in [0.717, 1.165) is 30.9 Å². The zero-order valence-corrected chi connectivity index (χ0v) is 13.2. The summed E-state index contributed by atoms with van der Waals surface area (Å²) in [5, 5.41) is 3.97. The van der Waals surface area contributed by atoms with E-state index in [1.165, 1.54) is 6.07 Å². The predicted molar refractivity (Wildman–Crippen MR) is 84.2 cm³/mol. The van der Waals surface area contributed by atoms with Gasteiger partial charge in [-0.3, -0.25) is 0 Å². The van der Waals surface area contributed by atoms with Crippen LogP contribution in [0.5, 0.6) is 0 Å². The van der Waals surface area contributed by atoms with Crippen LogP contribution in [0.1, 0.15) is 43.4 Å². The van der Waals surface area contributed by atoms with Crippen molar-refractivity contribution in [2.75, 3.05) is 6.54 Å². The number of rotatable bonds is 7. The lowest BCUT2D eigenvalue weighted by Crippen LogP contribution is -2.24. The summed E-state index contributed by atoms with van der Waals surface area (Å²) in [6.07, 6.45) is 2.38. The molecule has 1 atom stereocenters. The Morgan fingerprint density at radius 3 is 2.71 bits per heavy atom. The predicted octanol–water partition coefficient (Wildman–Crippen LogP) is 4.92. The van der Waals surface area contributed by atoms with Crippen LogP contribution in [-0.2, 0) is 12.8 Å². The third kappa shape index (κ3) is 4.32. The third-order valence-electron chi connectivity index (χ3n) is 3.45. The van der Waals surface area contributed by atoms with Crippen molar-refractivity contribution >= 4 is 11.6 Å². The van der Waals surface area contributed by atoms with Gasteiger partial charge in [-0.05, 0) is 55.3 Å². The number of furan rings is 1. The Morgan fingerprint density at radius 1 is 1.24 bits per heavy atom. The molecule has 0 saturated carbocycles. The Bertz CT molecular complexity index is 582. The molecule has 1 heterocycles. The van der Waals surface area contributed by atoms with E-state index in [2.05, 4.69) is 12.2 Å². The van der Waals surface area contributed by atoms with Gasteiger partial charge in [0.05, 0.1) is 6.04 Å². The van der Waals surface area contributed by atoms with Gasteiger partial charge in [0.15, 0.2) is 0 Å². The first-order chi connectivity index (χ1) is 10.1. The quantitative estimate of drug-likeness (QED) is 0.785. The Morgan fingerprint density at radius 2 is 2.05 bits per heavy atom. The maximum Gasteiger partial charge on any atom is 0.126 e. The van der Waals surface area contributed by atoms with Crippen molar-refractivity contribution in [3.05, 3.63) is 58.3 Å². The summed E-state index contributed by atoms with van der Waals surface area (Å²) in [6, 6.07) is 8.56. The van der Waals surface area contributed by atoms with Gasteiger partial charge in [0.1, 0.15) is 17.3 Å². The summed E-state index contributed by atoms with van der Waals surface area (Å²) in [5.41, 5.74) is 0.602. The van der Waals surface area contributed by atoms with E-state index in [0.29, 0.717) is 17.0 Å². The molecule has 1 aromatic carbocycles. The molecule has 0 bridgehead atoms. The lowest BCUT2D eigenvalue weighted by atomic mass is 10.0. The molecule has 0 radical (unpaired) electrons. The monoisotopic (exact) mass is 309 g/mol. The summed E-state index contributed by atoms with van der Waals surface area (Å²) in [6.45, 7) is 5.01. The van der Waals surface area contributed by atoms with E-state index in [9.17, 15) is 4.39 Å². The van der Waals surface area contributed by atoms with Crippen molar-refractivity contribution in [3.63, 3.8) is 0 Å². The fourth-order valence-corrected chi connectivity index (χ4v) is 2.48. The van der Waals surface area contributed by atoms with E-state index >= 15 is 0 Å². The molecule has 1 aromatic heterocycles. The van der Waals surface area contributed by atoms with Gasteiger partial charge in [0.2, 0.25) is 0 Å². The fourth-order valence-electron chi connectivity index (χ4n) is 2.28. The van der Waals surface area contributed by atoms with Crippen molar-refractivity contribution in [1.82, 2.24) is 5.32 Å². The molecular formula is C17H21ClFNO. The topological polar surface area (TPSA) is 25.2 Å². The molecule has 0 spiro atoms. The molecular weight excluding hydrogens is 289 g/mol.